The third kappa shape index (κ3) is 5.65. The summed E-state index contributed by atoms with van der Waals surface area (Å²) < 4.78 is 13.4. The number of rotatable bonds is 12. The number of ether oxygens (including phenoxy) is 2. The highest BCUT2D eigenvalue weighted by Crippen LogP contribution is 2.34. The van der Waals surface area contributed by atoms with Crippen LogP contribution in [0.4, 0.5) is 0 Å². The van der Waals surface area contributed by atoms with E-state index < -0.39 is 0 Å². The number of phenolic OH excluding ortho intramolecular Hbond substituents is 1. The zero-order valence-electron chi connectivity index (χ0n) is 16.9. The molecular weight excluding hydrogens is 342 g/mol. The number of unbranched alkanes of at least 4 members (excludes halogenated alkanes) is 6. The second-order valence-corrected chi connectivity index (χ2v) is 7.04. The molecule has 0 aliphatic heterocycles. The molecule has 27 heavy (non-hydrogen) atoms. The van der Waals surface area contributed by atoms with Gasteiger partial charge in [-0.2, -0.15) is 0 Å². The molecule has 1 aromatic heterocycles. The summed E-state index contributed by atoms with van der Waals surface area (Å²) >= 11 is 0. The minimum Gasteiger partial charge on any atom is -0.508 e. The van der Waals surface area contributed by atoms with Crippen molar-refractivity contribution in [1.82, 2.24) is 4.57 Å². The van der Waals surface area contributed by atoms with E-state index in [9.17, 15) is 9.90 Å². The van der Waals surface area contributed by atoms with Gasteiger partial charge in [-0.25, -0.2) is 0 Å². The first-order valence-electron chi connectivity index (χ1n) is 10.2. The molecule has 0 fully saturated rings. The Labute approximate surface area is 161 Å². The molecule has 0 atom stereocenters. The molecule has 0 aliphatic rings. The molecule has 0 saturated carbocycles. The molecule has 2 rings (SSSR count). The second kappa shape index (κ2) is 10.9. The van der Waals surface area contributed by atoms with Crippen LogP contribution >= 0.6 is 0 Å². The minimum atomic E-state index is -0.229. The van der Waals surface area contributed by atoms with E-state index in [-0.39, 0.29) is 17.1 Å². The monoisotopic (exact) mass is 375 g/mol. The van der Waals surface area contributed by atoms with Gasteiger partial charge in [0.1, 0.15) is 5.75 Å². The number of aromatic hydroxyl groups is 1. The van der Waals surface area contributed by atoms with Gasteiger partial charge in [-0.1, -0.05) is 52.4 Å². The van der Waals surface area contributed by atoms with Crippen molar-refractivity contribution >= 4 is 10.9 Å². The van der Waals surface area contributed by atoms with Gasteiger partial charge in [0.15, 0.2) is 5.75 Å². The first-order chi connectivity index (χ1) is 13.1. The summed E-state index contributed by atoms with van der Waals surface area (Å²) in [5.41, 5.74) is 0.411. The van der Waals surface area contributed by atoms with E-state index in [0.29, 0.717) is 24.5 Å². The Balaban J connectivity index is 2.29. The van der Waals surface area contributed by atoms with Crippen molar-refractivity contribution in [2.45, 2.75) is 65.2 Å². The summed E-state index contributed by atoms with van der Waals surface area (Å²) in [6, 6.07) is 4.99. The highest BCUT2D eigenvalue weighted by Gasteiger charge is 2.18. The number of phenols is 1. The predicted molar refractivity (Wildman–Crippen MR) is 110 cm³/mol. The summed E-state index contributed by atoms with van der Waals surface area (Å²) in [7, 11) is 1.69. The number of aromatic nitrogens is 1. The highest BCUT2D eigenvalue weighted by atomic mass is 16.5. The Hall–Kier alpha value is -2.17. The first-order valence-corrected chi connectivity index (χ1v) is 10.2. The molecule has 0 saturated heterocycles. The lowest BCUT2D eigenvalue weighted by Gasteiger charge is -2.17. The smallest absolute Gasteiger partial charge is 0.297 e. The molecule has 1 N–H and O–H groups in total. The molecule has 0 bridgehead atoms. The molecule has 0 aliphatic carbocycles. The molecule has 0 unspecified atom stereocenters. The Kier molecular flexibility index (Phi) is 8.49. The first kappa shape index (κ1) is 21.1. The summed E-state index contributed by atoms with van der Waals surface area (Å²) in [5, 5.41) is 10.6. The maximum absolute atomic E-state index is 12.8. The van der Waals surface area contributed by atoms with E-state index >= 15 is 0 Å². The largest absolute Gasteiger partial charge is 0.508 e. The number of pyridine rings is 1. The fourth-order valence-corrected chi connectivity index (χ4v) is 3.15. The van der Waals surface area contributed by atoms with Gasteiger partial charge in [0, 0.05) is 18.5 Å². The zero-order valence-corrected chi connectivity index (χ0v) is 16.9. The molecule has 150 valence electrons. The summed E-state index contributed by atoms with van der Waals surface area (Å²) in [6.45, 7) is 5.40. The normalized spacial score (nSPS) is 11.1. The van der Waals surface area contributed by atoms with E-state index in [1.807, 2.05) is 0 Å². The van der Waals surface area contributed by atoms with Crippen LogP contribution in [0.3, 0.4) is 0 Å². The van der Waals surface area contributed by atoms with Crippen LogP contribution in [0.15, 0.2) is 23.0 Å². The lowest BCUT2D eigenvalue weighted by molar-refractivity contribution is 0.257. The summed E-state index contributed by atoms with van der Waals surface area (Å²) in [4.78, 5) is 12.8. The average Bonchev–Trinajstić information content (AvgIpc) is 2.67. The molecular formula is C22H33NO4. The van der Waals surface area contributed by atoms with E-state index in [1.54, 1.807) is 25.2 Å². The van der Waals surface area contributed by atoms with Gasteiger partial charge in [-0.3, -0.25) is 4.79 Å². The third-order valence-corrected chi connectivity index (χ3v) is 4.78. The Morgan fingerprint density at radius 2 is 1.48 bits per heavy atom. The van der Waals surface area contributed by atoms with Crippen molar-refractivity contribution in [3.63, 3.8) is 0 Å². The zero-order chi connectivity index (χ0) is 19.6. The van der Waals surface area contributed by atoms with Crippen LogP contribution in [0.2, 0.25) is 0 Å². The standard InChI is InChI=1S/C22H33NO4/c1-4-6-8-10-14-26-20-18-13-12-17(24)16-19(18)23(3)22(25)21(20)27-15-11-9-7-5-2/h12-13,16,24H,4-11,14-15H2,1-3H3. The third-order valence-electron chi connectivity index (χ3n) is 4.78. The Morgan fingerprint density at radius 3 is 2.07 bits per heavy atom. The van der Waals surface area contributed by atoms with Crippen molar-refractivity contribution < 1.29 is 14.6 Å². The fraction of sp³-hybridized carbons (Fsp3) is 0.591. The summed E-state index contributed by atoms with van der Waals surface area (Å²) in [6.07, 6.45) is 8.72. The molecule has 0 amide bonds. The van der Waals surface area contributed by atoms with Crippen LogP contribution in [0.5, 0.6) is 17.2 Å². The minimum absolute atomic E-state index is 0.125. The highest BCUT2D eigenvalue weighted by molar-refractivity contribution is 5.88. The second-order valence-electron chi connectivity index (χ2n) is 7.04. The molecule has 5 nitrogen and oxygen atoms in total. The van der Waals surface area contributed by atoms with Gasteiger partial charge in [0.05, 0.1) is 18.7 Å². The number of hydrogen-bond acceptors (Lipinski definition) is 4. The van der Waals surface area contributed by atoms with Crippen LogP contribution in [0.1, 0.15) is 65.2 Å². The van der Waals surface area contributed by atoms with Gasteiger partial charge in [-0.15, -0.1) is 0 Å². The van der Waals surface area contributed by atoms with Crippen molar-refractivity contribution in [2.24, 2.45) is 7.05 Å². The van der Waals surface area contributed by atoms with Gasteiger partial charge in [-0.05, 0) is 25.0 Å². The van der Waals surface area contributed by atoms with Crippen LogP contribution in [0.25, 0.3) is 10.9 Å². The van der Waals surface area contributed by atoms with Crippen molar-refractivity contribution in [3.05, 3.63) is 28.6 Å². The lowest BCUT2D eigenvalue weighted by Crippen LogP contribution is -2.21. The number of aryl methyl sites for hydroxylation is 1. The Morgan fingerprint density at radius 1 is 0.889 bits per heavy atom. The van der Waals surface area contributed by atoms with E-state index in [1.165, 1.54) is 23.8 Å². The maximum Gasteiger partial charge on any atom is 0.297 e. The van der Waals surface area contributed by atoms with E-state index in [0.717, 1.165) is 37.5 Å². The topological polar surface area (TPSA) is 60.7 Å². The van der Waals surface area contributed by atoms with Gasteiger partial charge in [0.2, 0.25) is 5.75 Å². The molecule has 2 aromatic rings. The maximum atomic E-state index is 12.8. The van der Waals surface area contributed by atoms with Crippen LogP contribution in [0, 0.1) is 0 Å². The lowest BCUT2D eigenvalue weighted by atomic mass is 10.1. The van der Waals surface area contributed by atoms with Gasteiger partial charge >= 0.3 is 0 Å². The van der Waals surface area contributed by atoms with E-state index in [2.05, 4.69) is 13.8 Å². The molecule has 1 aromatic carbocycles. The fourth-order valence-electron chi connectivity index (χ4n) is 3.15. The predicted octanol–water partition coefficient (Wildman–Crippen LogP) is 5.16. The quantitative estimate of drug-likeness (QED) is 0.520. The van der Waals surface area contributed by atoms with E-state index in [4.69, 9.17) is 9.47 Å². The van der Waals surface area contributed by atoms with Crippen molar-refractivity contribution in [3.8, 4) is 17.2 Å². The van der Waals surface area contributed by atoms with Crippen LogP contribution in [-0.2, 0) is 7.05 Å². The Bertz CT molecular complexity index is 782. The molecule has 0 radical (unpaired) electrons. The number of fused-ring (bicyclic) bond motifs is 1. The van der Waals surface area contributed by atoms with Gasteiger partial charge in [0.25, 0.3) is 5.56 Å². The number of hydrogen-bond donors (Lipinski definition) is 1. The molecule has 1 heterocycles. The summed E-state index contributed by atoms with van der Waals surface area (Å²) in [5.74, 6) is 0.905. The van der Waals surface area contributed by atoms with Crippen molar-refractivity contribution in [1.29, 1.82) is 0 Å². The average molecular weight is 376 g/mol. The van der Waals surface area contributed by atoms with Gasteiger partial charge < -0.3 is 19.1 Å². The SMILES string of the molecule is CCCCCCOc1c(OCCCCCC)c2ccc(O)cc2n(C)c1=O. The van der Waals surface area contributed by atoms with Crippen LogP contribution in [-0.4, -0.2) is 22.9 Å². The number of nitrogens with zero attached hydrogens (tertiary/aromatic N) is 1. The number of benzene rings is 1. The molecule has 5 heteroatoms. The van der Waals surface area contributed by atoms with Crippen LogP contribution < -0.4 is 15.0 Å². The van der Waals surface area contributed by atoms with Crippen molar-refractivity contribution in [2.75, 3.05) is 13.2 Å². The molecule has 0 spiro atoms.